The Balaban J connectivity index is 1.79. The van der Waals surface area contributed by atoms with Crippen molar-refractivity contribution in [2.45, 2.75) is 6.42 Å². The van der Waals surface area contributed by atoms with E-state index in [2.05, 4.69) is 20.3 Å². The van der Waals surface area contributed by atoms with Gasteiger partial charge in [-0.3, -0.25) is 0 Å². The van der Waals surface area contributed by atoms with Gasteiger partial charge in [0.05, 0.1) is 5.56 Å². The molecule has 0 fully saturated rings. The highest BCUT2D eigenvalue weighted by Gasteiger charge is 2.08. The van der Waals surface area contributed by atoms with Gasteiger partial charge in [-0.2, -0.15) is 0 Å². The summed E-state index contributed by atoms with van der Waals surface area (Å²) in [7, 11) is 0. The topological polar surface area (TPSA) is 84.1 Å². The van der Waals surface area contributed by atoms with Gasteiger partial charge in [0.1, 0.15) is 5.52 Å². The summed E-state index contributed by atoms with van der Waals surface area (Å²) in [5.74, 6) is 1.03. The maximum Gasteiger partial charge on any atom is 0.230 e. The molecule has 0 aliphatic carbocycles. The largest absolute Gasteiger partial charge is 0.436 e. The number of aliphatic hydroxyl groups excluding tert-OH is 1. The molecule has 0 bridgehead atoms. The number of benzene rings is 1. The molecule has 102 valence electrons. The number of hydrogen-bond acceptors (Lipinski definition) is 6. The molecule has 2 N–H and O–H groups in total. The second kappa shape index (κ2) is 5.66. The van der Waals surface area contributed by atoms with Crippen LogP contribution in [0, 0.1) is 0 Å². The summed E-state index contributed by atoms with van der Waals surface area (Å²) in [5.41, 5.74) is 2.29. The number of nitrogens with zero attached hydrogens (tertiary/aromatic N) is 3. The van der Waals surface area contributed by atoms with E-state index in [-0.39, 0.29) is 6.61 Å². The first-order valence-corrected chi connectivity index (χ1v) is 6.39. The van der Waals surface area contributed by atoms with Gasteiger partial charge < -0.3 is 14.8 Å². The third-order valence-corrected chi connectivity index (χ3v) is 2.81. The molecule has 0 spiro atoms. The first kappa shape index (κ1) is 12.6. The Labute approximate surface area is 115 Å². The van der Waals surface area contributed by atoms with Crippen molar-refractivity contribution in [3.8, 4) is 11.5 Å². The Bertz CT molecular complexity index is 661. The molecule has 6 heteroatoms. The standard InChI is InChI=1S/C14H14N4O2/c19-7-3-6-15-14-16-8-10(9-17-14)13-18-11-4-1-2-5-12(11)20-13/h1-2,4-5,8-9,19H,3,6-7H2,(H,15,16,17). The van der Waals surface area contributed by atoms with Gasteiger partial charge in [0.15, 0.2) is 5.58 Å². The average Bonchev–Trinajstić information content (AvgIpc) is 2.92. The van der Waals surface area contributed by atoms with Gasteiger partial charge in [-0.05, 0) is 18.6 Å². The molecule has 3 rings (SSSR count). The van der Waals surface area contributed by atoms with Crippen molar-refractivity contribution in [1.29, 1.82) is 0 Å². The van der Waals surface area contributed by atoms with E-state index in [0.717, 1.165) is 16.7 Å². The summed E-state index contributed by atoms with van der Waals surface area (Å²) in [4.78, 5) is 12.8. The van der Waals surface area contributed by atoms with Gasteiger partial charge in [-0.15, -0.1) is 0 Å². The van der Waals surface area contributed by atoms with Crippen LogP contribution in [0.25, 0.3) is 22.6 Å². The van der Waals surface area contributed by atoms with Crippen LogP contribution in [0.5, 0.6) is 0 Å². The van der Waals surface area contributed by atoms with Crippen molar-refractivity contribution in [3.05, 3.63) is 36.7 Å². The van der Waals surface area contributed by atoms with E-state index in [0.29, 0.717) is 24.8 Å². The summed E-state index contributed by atoms with van der Waals surface area (Å²) in [5, 5.41) is 11.7. The van der Waals surface area contributed by atoms with Crippen LogP contribution >= 0.6 is 0 Å². The predicted octanol–water partition coefficient (Wildman–Crippen LogP) is 2.08. The first-order valence-electron chi connectivity index (χ1n) is 6.39. The molecule has 0 atom stereocenters. The van der Waals surface area contributed by atoms with E-state index in [9.17, 15) is 0 Å². The number of fused-ring (bicyclic) bond motifs is 1. The number of nitrogens with one attached hydrogen (secondary N) is 1. The zero-order valence-electron chi connectivity index (χ0n) is 10.8. The Morgan fingerprint density at radius 1 is 1.15 bits per heavy atom. The Morgan fingerprint density at radius 2 is 1.95 bits per heavy atom. The fourth-order valence-electron chi connectivity index (χ4n) is 1.80. The van der Waals surface area contributed by atoms with Crippen LogP contribution in [0.2, 0.25) is 0 Å². The highest BCUT2D eigenvalue weighted by molar-refractivity contribution is 5.75. The second-order valence-corrected chi connectivity index (χ2v) is 4.29. The Morgan fingerprint density at radius 3 is 2.70 bits per heavy atom. The molecule has 3 aromatic rings. The van der Waals surface area contributed by atoms with Gasteiger partial charge >= 0.3 is 0 Å². The molecule has 0 aliphatic rings. The highest BCUT2D eigenvalue weighted by atomic mass is 16.3. The van der Waals surface area contributed by atoms with Crippen LogP contribution in [-0.4, -0.2) is 33.2 Å². The molecule has 6 nitrogen and oxygen atoms in total. The zero-order valence-corrected chi connectivity index (χ0v) is 10.8. The number of hydrogen-bond donors (Lipinski definition) is 2. The SMILES string of the molecule is OCCCNc1ncc(-c2nc3ccccc3o2)cn1. The normalized spacial score (nSPS) is 10.8. The lowest BCUT2D eigenvalue weighted by Gasteiger charge is -2.02. The predicted molar refractivity (Wildman–Crippen MR) is 75.2 cm³/mol. The van der Waals surface area contributed by atoms with Gasteiger partial charge in [0.25, 0.3) is 0 Å². The number of rotatable bonds is 5. The van der Waals surface area contributed by atoms with Crippen molar-refractivity contribution in [1.82, 2.24) is 15.0 Å². The minimum Gasteiger partial charge on any atom is -0.436 e. The lowest BCUT2D eigenvalue weighted by molar-refractivity contribution is 0.292. The smallest absolute Gasteiger partial charge is 0.230 e. The molecule has 20 heavy (non-hydrogen) atoms. The maximum atomic E-state index is 8.70. The quantitative estimate of drug-likeness (QED) is 0.690. The fourth-order valence-corrected chi connectivity index (χ4v) is 1.80. The average molecular weight is 270 g/mol. The van der Waals surface area contributed by atoms with Crippen molar-refractivity contribution < 1.29 is 9.52 Å². The van der Waals surface area contributed by atoms with E-state index >= 15 is 0 Å². The summed E-state index contributed by atoms with van der Waals surface area (Å²) < 4.78 is 5.65. The maximum absolute atomic E-state index is 8.70. The number of aliphatic hydroxyl groups is 1. The van der Waals surface area contributed by atoms with E-state index in [1.165, 1.54) is 0 Å². The summed E-state index contributed by atoms with van der Waals surface area (Å²) in [6.07, 6.45) is 3.99. The minimum absolute atomic E-state index is 0.147. The van der Waals surface area contributed by atoms with Gasteiger partial charge in [-0.25, -0.2) is 15.0 Å². The molecule has 2 heterocycles. The molecule has 0 amide bonds. The molecule has 0 unspecified atom stereocenters. The van der Waals surface area contributed by atoms with E-state index in [1.807, 2.05) is 24.3 Å². The molecule has 0 saturated heterocycles. The van der Waals surface area contributed by atoms with Crippen molar-refractivity contribution in [2.24, 2.45) is 0 Å². The summed E-state index contributed by atoms with van der Waals surface area (Å²) in [6.45, 7) is 0.784. The number of anilines is 1. The molecular weight excluding hydrogens is 256 g/mol. The number of para-hydroxylation sites is 2. The van der Waals surface area contributed by atoms with Gasteiger partial charge in [-0.1, -0.05) is 12.1 Å². The van der Waals surface area contributed by atoms with E-state index < -0.39 is 0 Å². The molecule has 1 aromatic carbocycles. The van der Waals surface area contributed by atoms with Crippen molar-refractivity contribution in [2.75, 3.05) is 18.5 Å². The van der Waals surface area contributed by atoms with Crippen LogP contribution in [0.15, 0.2) is 41.1 Å². The van der Waals surface area contributed by atoms with Crippen molar-refractivity contribution >= 4 is 17.0 Å². The fraction of sp³-hybridized carbons (Fsp3) is 0.214. The van der Waals surface area contributed by atoms with Crippen LogP contribution in [0.4, 0.5) is 5.95 Å². The summed E-state index contributed by atoms with van der Waals surface area (Å²) >= 11 is 0. The lowest BCUT2D eigenvalue weighted by atomic mass is 10.3. The van der Waals surface area contributed by atoms with E-state index in [1.54, 1.807) is 12.4 Å². The van der Waals surface area contributed by atoms with E-state index in [4.69, 9.17) is 9.52 Å². The lowest BCUT2D eigenvalue weighted by Crippen LogP contribution is -2.06. The monoisotopic (exact) mass is 270 g/mol. The van der Waals surface area contributed by atoms with Crippen molar-refractivity contribution in [3.63, 3.8) is 0 Å². The van der Waals surface area contributed by atoms with Crippen LogP contribution in [0.1, 0.15) is 6.42 Å². The van der Waals surface area contributed by atoms with Crippen LogP contribution in [-0.2, 0) is 0 Å². The van der Waals surface area contributed by atoms with Crippen LogP contribution < -0.4 is 5.32 Å². The third-order valence-electron chi connectivity index (χ3n) is 2.81. The second-order valence-electron chi connectivity index (χ2n) is 4.29. The Hall–Kier alpha value is -2.47. The van der Waals surface area contributed by atoms with Gasteiger partial charge in [0.2, 0.25) is 11.8 Å². The highest BCUT2D eigenvalue weighted by Crippen LogP contribution is 2.23. The number of oxazole rings is 1. The molecular formula is C14H14N4O2. The molecule has 0 aliphatic heterocycles. The zero-order chi connectivity index (χ0) is 13.8. The minimum atomic E-state index is 0.147. The molecule has 2 aromatic heterocycles. The van der Waals surface area contributed by atoms with Gasteiger partial charge in [0, 0.05) is 25.5 Å². The molecule has 0 saturated carbocycles. The molecule has 0 radical (unpaired) electrons. The number of aromatic nitrogens is 3. The summed E-state index contributed by atoms with van der Waals surface area (Å²) in [6, 6.07) is 7.59. The Kier molecular flexibility index (Phi) is 3.56. The first-order chi connectivity index (χ1) is 9.86. The van der Waals surface area contributed by atoms with Crippen LogP contribution in [0.3, 0.4) is 0 Å². The third kappa shape index (κ3) is 2.60.